The molecule has 0 radical (unpaired) electrons. The summed E-state index contributed by atoms with van der Waals surface area (Å²) < 4.78 is 4.86. The summed E-state index contributed by atoms with van der Waals surface area (Å²) in [7, 11) is 0. The predicted molar refractivity (Wildman–Crippen MR) is 68.6 cm³/mol. The van der Waals surface area contributed by atoms with Crippen LogP contribution in [0, 0.1) is 5.92 Å². The fraction of sp³-hybridized carbons (Fsp3) is 0.385. The molecule has 5 nitrogen and oxygen atoms in total. The number of amides is 2. The van der Waals surface area contributed by atoms with Crippen LogP contribution in [-0.2, 0) is 9.53 Å². The van der Waals surface area contributed by atoms with Gasteiger partial charge in [-0.15, -0.1) is 0 Å². The second kappa shape index (κ2) is 5.08. The van der Waals surface area contributed by atoms with Crippen LogP contribution in [0.25, 0.3) is 0 Å². The van der Waals surface area contributed by atoms with Crippen molar-refractivity contribution < 1.29 is 14.3 Å². The second-order valence-electron chi connectivity index (χ2n) is 4.46. The highest BCUT2D eigenvalue weighted by atomic mass is 16.6. The van der Waals surface area contributed by atoms with Crippen molar-refractivity contribution in [3.63, 3.8) is 0 Å². The van der Waals surface area contributed by atoms with Gasteiger partial charge in [0.25, 0.3) is 0 Å². The average Bonchev–Trinajstić information content (AvgIpc) is 2.76. The van der Waals surface area contributed by atoms with Gasteiger partial charge < -0.3 is 10.1 Å². The van der Waals surface area contributed by atoms with Crippen LogP contribution in [0.5, 0.6) is 0 Å². The van der Waals surface area contributed by atoms with E-state index < -0.39 is 0 Å². The summed E-state index contributed by atoms with van der Waals surface area (Å²) in [6.45, 7) is 4.66. The van der Waals surface area contributed by atoms with Crippen molar-refractivity contribution in [2.75, 3.05) is 23.4 Å². The van der Waals surface area contributed by atoms with Crippen molar-refractivity contribution in [3.05, 3.63) is 24.3 Å². The highest BCUT2D eigenvalue weighted by molar-refractivity contribution is 5.93. The molecule has 1 aliphatic heterocycles. The molecule has 18 heavy (non-hydrogen) atoms. The molecule has 1 fully saturated rings. The van der Waals surface area contributed by atoms with Gasteiger partial charge >= 0.3 is 6.09 Å². The van der Waals surface area contributed by atoms with E-state index >= 15 is 0 Å². The number of hydrogen-bond donors (Lipinski definition) is 1. The summed E-state index contributed by atoms with van der Waals surface area (Å²) in [5.74, 6) is -0.0819. The van der Waals surface area contributed by atoms with Gasteiger partial charge in [0.2, 0.25) is 5.91 Å². The smallest absolute Gasteiger partial charge is 0.414 e. The zero-order valence-corrected chi connectivity index (χ0v) is 10.5. The summed E-state index contributed by atoms with van der Waals surface area (Å²) in [5.41, 5.74) is 1.50. The number of hydrogen-bond acceptors (Lipinski definition) is 3. The van der Waals surface area contributed by atoms with Crippen LogP contribution in [0.1, 0.15) is 13.8 Å². The van der Waals surface area contributed by atoms with Crippen LogP contribution >= 0.6 is 0 Å². The van der Waals surface area contributed by atoms with Gasteiger partial charge in [0.15, 0.2) is 0 Å². The fourth-order valence-electron chi connectivity index (χ4n) is 1.64. The molecule has 0 bridgehead atoms. The van der Waals surface area contributed by atoms with Gasteiger partial charge in [-0.1, -0.05) is 13.8 Å². The Morgan fingerprint density at radius 1 is 1.33 bits per heavy atom. The van der Waals surface area contributed by atoms with Gasteiger partial charge in [-0.3, -0.25) is 9.69 Å². The van der Waals surface area contributed by atoms with Gasteiger partial charge in [0.05, 0.1) is 6.54 Å². The first-order valence-electron chi connectivity index (χ1n) is 5.93. The number of anilines is 2. The molecule has 0 unspecified atom stereocenters. The number of benzene rings is 1. The van der Waals surface area contributed by atoms with Crippen molar-refractivity contribution >= 4 is 23.4 Å². The molecule has 2 amide bonds. The summed E-state index contributed by atoms with van der Waals surface area (Å²) in [6.07, 6.45) is -0.325. The number of carbonyl (C=O) groups is 2. The summed E-state index contributed by atoms with van der Waals surface area (Å²) in [4.78, 5) is 24.4. The minimum atomic E-state index is -0.325. The van der Waals surface area contributed by atoms with Crippen molar-refractivity contribution in [1.82, 2.24) is 0 Å². The SMILES string of the molecule is CC(C)C(=O)Nc1ccc(N2CCOC2=O)cc1. The van der Waals surface area contributed by atoms with Crippen molar-refractivity contribution in [2.24, 2.45) is 5.92 Å². The molecule has 0 saturated carbocycles. The number of cyclic esters (lactones) is 1. The fourth-order valence-corrected chi connectivity index (χ4v) is 1.64. The summed E-state index contributed by atoms with van der Waals surface area (Å²) in [6, 6.07) is 7.15. The molecule has 1 aromatic carbocycles. The first-order chi connectivity index (χ1) is 8.58. The lowest BCUT2D eigenvalue weighted by Crippen LogP contribution is -2.23. The van der Waals surface area contributed by atoms with E-state index in [2.05, 4.69) is 5.32 Å². The van der Waals surface area contributed by atoms with Crippen molar-refractivity contribution in [3.8, 4) is 0 Å². The van der Waals surface area contributed by atoms with E-state index in [0.29, 0.717) is 13.2 Å². The highest BCUT2D eigenvalue weighted by Crippen LogP contribution is 2.21. The molecular weight excluding hydrogens is 232 g/mol. The number of ether oxygens (including phenoxy) is 1. The predicted octanol–water partition coefficient (Wildman–Crippen LogP) is 2.24. The maximum Gasteiger partial charge on any atom is 0.414 e. The Hall–Kier alpha value is -2.04. The van der Waals surface area contributed by atoms with E-state index in [1.165, 1.54) is 0 Å². The first kappa shape index (κ1) is 12.4. The summed E-state index contributed by atoms with van der Waals surface area (Å²) in [5, 5.41) is 2.80. The first-order valence-corrected chi connectivity index (χ1v) is 5.93. The van der Waals surface area contributed by atoms with E-state index in [9.17, 15) is 9.59 Å². The van der Waals surface area contributed by atoms with Crippen molar-refractivity contribution in [2.45, 2.75) is 13.8 Å². The van der Waals surface area contributed by atoms with Gasteiger partial charge in [0.1, 0.15) is 6.61 Å². The molecule has 1 saturated heterocycles. The molecule has 1 heterocycles. The molecule has 2 rings (SSSR count). The molecule has 0 aliphatic carbocycles. The quantitative estimate of drug-likeness (QED) is 0.892. The third-order valence-corrected chi connectivity index (χ3v) is 2.73. The Balaban J connectivity index is 2.06. The van der Waals surface area contributed by atoms with Crippen LogP contribution in [0.2, 0.25) is 0 Å². The molecule has 0 atom stereocenters. The molecule has 1 aromatic rings. The number of nitrogens with one attached hydrogen (secondary N) is 1. The standard InChI is InChI=1S/C13H16N2O3/c1-9(2)12(16)14-10-3-5-11(6-4-10)15-7-8-18-13(15)17/h3-6,9H,7-8H2,1-2H3,(H,14,16). The molecular formula is C13H16N2O3. The average molecular weight is 248 g/mol. The Labute approximate surface area is 106 Å². The highest BCUT2D eigenvalue weighted by Gasteiger charge is 2.23. The molecule has 1 N–H and O–H groups in total. The Morgan fingerprint density at radius 2 is 2.00 bits per heavy atom. The maximum atomic E-state index is 11.5. The topological polar surface area (TPSA) is 58.6 Å². The molecule has 5 heteroatoms. The number of nitrogens with zero attached hydrogens (tertiary/aromatic N) is 1. The van der Waals surface area contributed by atoms with Crippen LogP contribution in [0.4, 0.5) is 16.2 Å². The van der Waals surface area contributed by atoms with E-state index in [1.54, 1.807) is 29.2 Å². The number of rotatable bonds is 3. The van der Waals surface area contributed by atoms with E-state index in [-0.39, 0.29) is 17.9 Å². The maximum absolute atomic E-state index is 11.5. The Kier molecular flexibility index (Phi) is 3.50. The third-order valence-electron chi connectivity index (χ3n) is 2.73. The lowest BCUT2D eigenvalue weighted by Gasteiger charge is -2.13. The zero-order chi connectivity index (χ0) is 13.1. The van der Waals surface area contributed by atoms with Gasteiger partial charge in [-0.25, -0.2) is 4.79 Å². The minimum Gasteiger partial charge on any atom is -0.447 e. The Morgan fingerprint density at radius 3 is 2.50 bits per heavy atom. The van der Waals surface area contributed by atoms with Crippen molar-refractivity contribution in [1.29, 1.82) is 0 Å². The number of carbonyl (C=O) groups excluding carboxylic acids is 2. The monoisotopic (exact) mass is 248 g/mol. The molecule has 0 aromatic heterocycles. The normalized spacial score (nSPS) is 14.8. The van der Waals surface area contributed by atoms with E-state index in [0.717, 1.165) is 11.4 Å². The molecule has 96 valence electrons. The van der Waals surface area contributed by atoms with E-state index in [4.69, 9.17) is 4.74 Å². The van der Waals surface area contributed by atoms with Gasteiger partial charge in [0, 0.05) is 17.3 Å². The molecule has 0 spiro atoms. The lowest BCUT2D eigenvalue weighted by atomic mass is 10.2. The van der Waals surface area contributed by atoms with Crippen LogP contribution < -0.4 is 10.2 Å². The minimum absolute atomic E-state index is 0.0247. The van der Waals surface area contributed by atoms with Crippen LogP contribution in [0.3, 0.4) is 0 Å². The second-order valence-corrected chi connectivity index (χ2v) is 4.46. The Bertz CT molecular complexity index is 454. The largest absolute Gasteiger partial charge is 0.447 e. The lowest BCUT2D eigenvalue weighted by molar-refractivity contribution is -0.118. The zero-order valence-electron chi connectivity index (χ0n) is 10.5. The molecule has 1 aliphatic rings. The van der Waals surface area contributed by atoms with Crippen LogP contribution in [0.15, 0.2) is 24.3 Å². The van der Waals surface area contributed by atoms with Gasteiger partial charge in [-0.2, -0.15) is 0 Å². The van der Waals surface area contributed by atoms with Crippen LogP contribution in [-0.4, -0.2) is 25.2 Å². The third kappa shape index (κ3) is 2.61. The van der Waals surface area contributed by atoms with Gasteiger partial charge in [-0.05, 0) is 24.3 Å². The van der Waals surface area contributed by atoms with E-state index in [1.807, 2.05) is 13.8 Å². The summed E-state index contributed by atoms with van der Waals surface area (Å²) >= 11 is 0.